The topological polar surface area (TPSA) is 138 Å². The molecule has 10 heteroatoms. The van der Waals surface area contributed by atoms with Crippen molar-refractivity contribution in [2.75, 3.05) is 0 Å². The molecule has 0 aliphatic rings. The first-order chi connectivity index (χ1) is 10.5. The van der Waals surface area contributed by atoms with E-state index in [-0.39, 0.29) is 5.56 Å². The average molecular weight is 305 g/mol. The van der Waals surface area contributed by atoms with Crippen LogP contribution in [0, 0.1) is 20.2 Å². The third kappa shape index (κ3) is 3.50. The quantitative estimate of drug-likeness (QED) is 0.357. The van der Waals surface area contributed by atoms with Crippen molar-refractivity contribution in [2.45, 2.75) is 0 Å². The smallest absolute Gasteiger partial charge is 0.366 e. The number of nitro benzene ring substituents is 2. The molecule has 0 saturated carbocycles. The summed E-state index contributed by atoms with van der Waals surface area (Å²) in [7, 11) is 0. The second-order valence-corrected chi connectivity index (χ2v) is 3.88. The molecule has 0 aliphatic carbocycles. The Morgan fingerprint density at radius 2 is 1.82 bits per heavy atom. The molecular weight excluding hydrogens is 298 g/mol. The van der Waals surface area contributed by atoms with E-state index in [1.165, 1.54) is 6.26 Å². The van der Waals surface area contributed by atoms with Gasteiger partial charge in [-0.3, -0.25) is 20.2 Å². The first-order valence-corrected chi connectivity index (χ1v) is 5.69. The van der Waals surface area contributed by atoms with E-state index in [2.05, 4.69) is 9.99 Å². The van der Waals surface area contributed by atoms with Crippen LogP contribution in [0.15, 0.2) is 46.2 Å². The number of non-ortho nitro benzene ring substituents is 2. The average Bonchev–Trinajstić information content (AvgIpc) is 2.99. The van der Waals surface area contributed by atoms with Gasteiger partial charge in [0.15, 0.2) is 0 Å². The molecule has 0 bridgehead atoms. The third-order valence-electron chi connectivity index (χ3n) is 2.42. The van der Waals surface area contributed by atoms with E-state index in [1.807, 2.05) is 0 Å². The Morgan fingerprint density at radius 1 is 1.18 bits per heavy atom. The molecule has 2 aromatic rings. The van der Waals surface area contributed by atoms with Gasteiger partial charge in [0.05, 0.1) is 27.7 Å². The molecule has 2 rings (SSSR count). The van der Waals surface area contributed by atoms with Crippen molar-refractivity contribution in [2.24, 2.45) is 5.16 Å². The highest BCUT2D eigenvalue weighted by atomic mass is 16.7. The zero-order valence-corrected chi connectivity index (χ0v) is 10.7. The lowest BCUT2D eigenvalue weighted by Gasteiger charge is -1.99. The van der Waals surface area contributed by atoms with E-state index in [1.54, 1.807) is 12.1 Å². The van der Waals surface area contributed by atoms with Gasteiger partial charge in [-0.1, -0.05) is 5.16 Å². The fraction of sp³-hybridized carbons (Fsp3) is 0. The molecule has 0 unspecified atom stereocenters. The normalized spacial score (nSPS) is 10.5. The molecule has 1 aromatic carbocycles. The lowest BCUT2D eigenvalue weighted by molar-refractivity contribution is -0.394. The van der Waals surface area contributed by atoms with Crippen LogP contribution < -0.4 is 0 Å². The molecule has 1 heterocycles. The SMILES string of the molecule is O=C(ON=Cc1ccco1)c1cc([N+](=O)[O-])cc([N+](=O)[O-])c1. The summed E-state index contributed by atoms with van der Waals surface area (Å²) >= 11 is 0. The minimum atomic E-state index is -1.07. The number of oxime groups is 1. The van der Waals surface area contributed by atoms with Gasteiger partial charge >= 0.3 is 5.97 Å². The number of hydrogen-bond donors (Lipinski definition) is 0. The standard InChI is InChI=1S/C12H7N3O7/c16-12(22-13-7-11-2-1-3-21-11)8-4-9(14(17)18)6-10(5-8)15(19)20/h1-7H. The number of furan rings is 1. The Morgan fingerprint density at radius 3 is 2.32 bits per heavy atom. The monoisotopic (exact) mass is 305 g/mol. The van der Waals surface area contributed by atoms with Crippen molar-refractivity contribution in [1.29, 1.82) is 0 Å². The van der Waals surface area contributed by atoms with Crippen molar-refractivity contribution in [3.05, 3.63) is 68.1 Å². The van der Waals surface area contributed by atoms with Gasteiger partial charge in [0.2, 0.25) is 0 Å². The highest BCUT2D eigenvalue weighted by molar-refractivity contribution is 5.91. The van der Waals surface area contributed by atoms with Gasteiger partial charge in [-0.25, -0.2) is 4.79 Å². The van der Waals surface area contributed by atoms with Gasteiger partial charge in [-0.05, 0) is 12.1 Å². The minimum absolute atomic E-state index is 0.317. The van der Waals surface area contributed by atoms with Crippen LogP contribution in [0.1, 0.15) is 16.1 Å². The fourth-order valence-electron chi connectivity index (χ4n) is 1.47. The number of nitro groups is 2. The zero-order chi connectivity index (χ0) is 16.1. The molecule has 0 radical (unpaired) electrons. The first kappa shape index (κ1) is 14.8. The van der Waals surface area contributed by atoms with E-state index in [4.69, 9.17) is 4.42 Å². The lowest BCUT2D eigenvalue weighted by atomic mass is 10.2. The summed E-state index contributed by atoms with van der Waals surface area (Å²) in [5.74, 6) is -0.757. The summed E-state index contributed by atoms with van der Waals surface area (Å²) < 4.78 is 4.90. The zero-order valence-electron chi connectivity index (χ0n) is 10.7. The number of carbonyl (C=O) groups excluding carboxylic acids is 1. The van der Waals surface area contributed by atoms with E-state index in [9.17, 15) is 25.0 Å². The van der Waals surface area contributed by atoms with Crippen LogP contribution in [0.25, 0.3) is 0 Å². The summed E-state index contributed by atoms with van der Waals surface area (Å²) in [4.78, 5) is 35.9. The second kappa shape index (κ2) is 6.26. The highest BCUT2D eigenvalue weighted by Crippen LogP contribution is 2.23. The van der Waals surface area contributed by atoms with Crippen molar-refractivity contribution < 1.29 is 23.9 Å². The van der Waals surface area contributed by atoms with Crippen LogP contribution in [0.5, 0.6) is 0 Å². The third-order valence-corrected chi connectivity index (χ3v) is 2.42. The summed E-state index contributed by atoms with van der Waals surface area (Å²) in [5.41, 5.74) is -1.56. The maximum Gasteiger partial charge on any atom is 0.366 e. The summed E-state index contributed by atoms with van der Waals surface area (Å²) in [6.07, 6.45) is 2.48. The molecule has 0 N–H and O–H groups in total. The number of nitrogens with zero attached hydrogens (tertiary/aromatic N) is 3. The number of hydrogen-bond acceptors (Lipinski definition) is 8. The van der Waals surface area contributed by atoms with Crippen molar-refractivity contribution in [1.82, 2.24) is 0 Å². The molecule has 112 valence electrons. The van der Waals surface area contributed by atoms with Crippen LogP contribution in [0.2, 0.25) is 0 Å². The van der Waals surface area contributed by atoms with E-state index in [0.29, 0.717) is 5.76 Å². The van der Waals surface area contributed by atoms with Crippen molar-refractivity contribution >= 4 is 23.6 Å². The van der Waals surface area contributed by atoms with E-state index >= 15 is 0 Å². The lowest BCUT2D eigenvalue weighted by Crippen LogP contribution is -2.03. The molecular formula is C12H7N3O7. The van der Waals surface area contributed by atoms with Gasteiger partial charge in [-0.2, -0.15) is 0 Å². The number of carbonyl (C=O) groups is 1. The highest BCUT2D eigenvalue weighted by Gasteiger charge is 2.20. The van der Waals surface area contributed by atoms with Crippen LogP contribution >= 0.6 is 0 Å². The molecule has 0 spiro atoms. The van der Waals surface area contributed by atoms with Crippen LogP contribution in [0.3, 0.4) is 0 Å². The Balaban J connectivity index is 2.21. The second-order valence-electron chi connectivity index (χ2n) is 3.88. The molecule has 0 atom stereocenters. The minimum Gasteiger partial charge on any atom is -0.463 e. The van der Waals surface area contributed by atoms with Crippen LogP contribution in [-0.2, 0) is 4.84 Å². The van der Waals surface area contributed by atoms with Gasteiger partial charge in [0.25, 0.3) is 11.4 Å². The van der Waals surface area contributed by atoms with Gasteiger partial charge < -0.3 is 9.25 Å². The predicted octanol–water partition coefficient (Wildman–Crippen LogP) is 2.29. The molecule has 0 saturated heterocycles. The maximum atomic E-state index is 11.7. The molecule has 0 aliphatic heterocycles. The van der Waals surface area contributed by atoms with Crippen molar-refractivity contribution in [3.63, 3.8) is 0 Å². The van der Waals surface area contributed by atoms with E-state index < -0.39 is 27.2 Å². The summed E-state index contributed by atoms with van der Waals surface area (Å²) in [6, 6.07) is 5.60. The molecule has 0 amide bonds. The van der Waals surface area contributed by atoms with Crippen LogP contribution in [0.4, 0.5) is 11.4 Å². The Labute approximate surface area is 121 Å². The molecule has 1 aromatic heterocycles. The Kier molecular flexibility index (Phi) is 4.22. The molecule has 0 fully saturated rings. The summed E-state index contributed by atoms with van der Waals surface area (Å²) in [5, 5.41) is 24.7. The first-order valence-electron chi connectivity index (χ1n) is 5.69. The Hall–Kier alpha value is -3.56. The molecule has 10 nitrogen and oxygen atoms in total. The number of benzene rings is 1. The molecule has 22 heavy (non-hydrogen) atoms. The maximum absolute atomic E-state index is 11.7. The largest absolute Gasteiger partial charge is 0.463 e. The van der Waals surface area contributed by atoms with Crippen molar-refractivity contribution in [3.8, 4) is 0 Å². The van der Waals surface area contributed by atoms with E-state index in [0.717, 1.165) is 24.4 Å². The van der Waals surface area contributed by atoms with Gasteiger partial charge in [0.1, 0.15) is 12.0 Å². The fourth-order valence-corrected chi connectivity index (χ4v) is 1.47. The Bertz CT molecular complexity index is 720. The summed E-state index contributed by atoms with van der Waals surface area (Å²) in [6.45, 7) is 0. The predicted molar refractivity (Wildman–Crippen MR) is 71.5 cm³/mol. The van der Waals surface area contributed by atoms with Gasteiger partial charge in [0, 0.05) is 12.1 Å². The van der Waals surface area contributed by atoms with Gasteiger partial charge in [-0.15, -0.1) is 0 Å². The number of rotatable bonds is 5. The van der Waals surface area contributed by atoms with Crippen LogP contribution in [-0.4, -0.2) is 22.0 Å².